The fraction of sp³-hybridized carbons (Fsp3) is 0.200. The average Bonchev–Trinajstić information content (AvgIpc) is 2.59. The number of aromatic nitrogens is 1. The summed E-state index contributed by atoms with van der Waals surface area (Å²) >= 11 is 5.78. The number of aliphatic carboxylic acids is 1. The van der Waals surface area contributed by atoms with Gasteiger partial charge >= 0.3 is 5.97 Å². The number of carboxylic acids is 1. The maximum atomic E-state index is 10.8. The van der Waals surface area contributed by atoms with Crippen LogP contribution < -0.4 is 0 Å². The van der Waals surface area contributed by atoms with E-state index in [0.717, 1.165) is 0 Å². The Labute approximate surface area is 90.4 Å². The number of rotatable bonds is 2. The Morgan fingerprint density at radius 3 is 3.00 bits per heavy atom. The number of halogens is 1. The number of nitrogens with zero attached hydrogens (tertiary/aromatic N) is 1. The van der Waals surface area contributed by atoms with Crippen molar-refractivity contribution in [2.24, 2.45) is 0 Å². The summed E-state index contributed by atoms with van der Waals surface area (Å²) in [6.07, 6.45) is 0. The van der Waals surface area contributed by atoms with Crippen molar-refractivity contribution in [1.82, 2.24) is 5.16 Å². The lowest BCUT2D eigenvalue weighted by atomic mass is 10.0. The van der Waals surface area contributed by atoms with Crippen molar-refractivity contribution in [2.75, 3.05) is 0 Å². The molecule has 5 heteroatoms. The Balaban J connectivity index is 2.54. The van der Waals surface area contributed by atoms with Crippen LogP contribution in [0, 0.1) is 0 Å². The van der Waals surface area contributed by atoms with Gasteiger partial charge in [-0.05, 0) is 24.6 Å². The molecule has 0 spiro atoms. The van der Waals surface area contributed by atoms with Crippen LogP contribution in [0.2, 0.25) is 5.15 Å². The Hall–Kier alpha value is -1.55. The maximum Gasteiger partial charge on any atom is 0.310 e. The van der Waals surface area contributed by atoms with Gasteiger partial charge < -0.3 is 9.63 Å². The predicted octanol–water partition coefficient (Wildman–Crippen LogP) is 2.67. The summed E-state index contributed by atoms with van der Waals surface area (Å²) in [5, 5.41) is 13.3. The molecule has 0 saturated heterocycles. The number of benzene rings is 1. The van der Waals surface area contributed by atoms with E-state index in [9.17, 15) is 4.79 Å². The average molecular weight is 226 g/mol. The van der Waals surface area contributed by atoms with Crippen molar-refractivity contribution in [1.29, 1.82) is 0 Å². The first-order valence-electron chi connectivity index (χ1n) is 4.37. The fourth-order valence-corrected chi connectivity index (χ4v) is 1.52. The van der Waals surface area contributed by atoms with Gasteiger partial charge in [0.2, 0.25) is 0 Å². The van der Waals surface area contributed by atoms with Gasteiger partial charge in [-0.1, -0.05) is 22.8 Å². The van der Waals surface area contributed by atoms with Crippen molar-refractivity contribution in [3.63, 3.8) is 0 Å². The molecule has 0 aliphatic heterocycles. The van der Waals surface area contributed by atoms with E-state index in [1.54, 1.807) is 25.1 Å². The van der Waals surface area contributed by atoms with Gasteiger partial charge in [-0.2, -0.15) is 0 Å². The summed E-state index contributed by atoms with van der Waals surface area (Å²) in [7, 11) is 0. The van der Waals surface area contributed by atoms with Gasteiger partial charge in [0.15, 0.2) is 10.7 Å². The zero-order valence-electron chi connectivity index (χ0n) is 7.90. The first-order valence-corrected chi connectivity index (χ1v) is 4.75. The van der Waals surface area contributed by atoms with Gasteiger partial charge in [0, 0.05) is 0 Å². The second-order valence-corrected chi connectivity index (χ2v) is 3.65. The van der Waals surface area contributed by atoms with Crippen LogP contribution in [-0.4, -0.2) is 16.2 Å². The molecule has 1 aromatic carbocycles. The molecule has 2 rings (SSSR count). The van der Waals surface area contributed by atoms with Crippen molar-refractivity contribution < 1.29 is 14.4 Å². The van der Waals surface area contributed by atoms with E-state index in [4.69, 9.17) is 21.2 Å². The van der Waals surface area contributed by atoms with E-state index >= 15 is 0 Å². The minimum Gasteiger partial charge on any atom is -0.481 e. The van der Waals surface area contributed by atoms with Crippen LogP contribution in [0.1, 0.15) is 18.4 Å². The SMILES string of the molecule is CC(C(=O)O)c1ccc2onc(Cl)c2c1. The van der Waals surface area contributed by atoms with Crippen LogP contribution in [0.5, 0.6) is 0 Å². The van der Waals surface area contributed by atoms with E-state index in [1.807, 2.05) is 0 Å². The molecular weight excluding hydrogens is 218 g/mol. The summed E-state index contributed by atoms with van der Waals surface area (Å²) < 4.78 is 4.91. The van der Waals surface area contributed by atoms with Crippen molar-refractivity contribution in [3.8, 4) is 0 Å². The van der Waals surface area contributed by atoms with Gasteiger partial charge in [-0.25, -0.2) is 0 Å². The van der Waals surface area contributed by atoms with Gasteiger partial charge in [0.1, 0.15) is 0 Å². The first kappa shape index (κ1) is 9.98. The maximum absolute atomic E-state index is 10.8. The third-order valence-electron chi connectivity index (χ3n) is 2.32. The van der Waals surface area contributed by atoms with Gasteiger partial charge in [0.25, 0.3) is 0 Å². The summed E-state index contributed by atoms with van der Waals surface area (Å²) in [5.41, 5.74) is 1.24. The van der Waals surface area contributed by atoms with Crippen LogP contribution in [-0.2, 0) is 4.79 Å². The number of carboxylic acid groups (broad SMARTS) is 1. The molecule has 0 saturated carbocycles. The van der Waals surface area contributed by atoms with Crippen molar-refractivity contribution in [3.05, 3.63) is 28.9 Å². The minimum atomic E-state index is -0.873. The Morgan fingerprint density at radius 1 is 1.60 bits per heavy atom. The summed E-state index contributed by atoms with van der Waals surface area (Å²) in [6, 6.07) is 5.05. The topological polar surface area (TPSA) is 63.3 Å². The number of hydrogen-bond acceptors (Lipinski definition) is 3. The molecular formula is C10H8ClNO3. The smallest absolute Gasteiger partial charge is 0.310 e. The van der Waals surface area contributed by atoms with Crippen molar-refractivity contribution >= 4 is 28.5 Å². The summed E-state index contributed by atoms with van der Waals surface area (Å²) in [5.74, 6) is -1.44. The standard InChI is InChI=1S/C10H8ClNO3/c1-5(10(13)14)6-2-3-8-7(4-6)9(11)12-15-8/h2-5H,1H3,(H,13,14). The third kappa shape index (κ3) is 1.68. The third-order valence-corrected chi connectivity index (χ3v) is 2.59. The zero-order valence-corrected chi connectivity index (χ0v) is 8.65. The normalized spacial score (nSPS) is 12.9. The van der Waals surface area contributed by atoms with Crippen LogP contribution in [0.4, 0.5) is 0 Å². The molecule has 1 heterocycles. The molecule has 1 atom stereocenters. The largest absolute Gasteiger partial charge is 0.481 e. The number of carbonyl (C=O) groups is 1. The molecule has 78 valence electrons. The molecule has 0 aliphatic rings. The van der Waals surface area contributed by atoms with Crippen LogP contribution in [0.25, 0.3) is 11.0 Å². The van der Waals surface area contributed by atoms with E-state index in [2.05, 4.69) is 5.16 Å². The minimum absolute atomic E-state index is 0.254. The zero-order chi connectivity index (χ0) is 11.0. The lowest BCUT2D eigenvalue weighted by Crippen LogP contribution is -2.06. The van der Waals surface area contributed by atoms with Gasteiger partial charge in [-0.15, -0.1) is 0 Å². The lowest BCUT2D eigenvalue weighted by Gasteiger charge is -2.05. The molecule has 0 aliphatic carbocycles. The predicted molar refractivity (Wildman–Crippen MR) is 55.1 cm³/mol. The van der Waals surface area contributed by atoms with Gasteiger partial charge in [0.05, 0.1) is 11.3 Å². The van der Waals surface area contributed by atoms with Crippen LogP contribution in [0.15, 0.2) is 22.7 Å². The van der Waals surface area contributed by atoms with Gasteiger partial charge in [-0.3, -0.25) is 4.79 Å². The van der Waals surface area contributed by atoms with Crippen LogP contribution >= 0.6 is 11.6 Å². The highest BCUT2D eigenvalue weighted by Gasteiger charge is 2.15. The monoisotopic (exact) mass is 225 g/mol. The second-order valence-electron chi connectivity index (χ2n) is 3.29. The molecule has 0 radical (unpaired) electrons. The molecule has 2 aromatic rings. The fourth-order valence-electron chi connectivity index (χ4n) is 1.34. The quantitative estimate of drug-likeness (QED) is 0.854. The molecule has 0 fully saturated rings. The molecule has 0 bridgehead atoms. The van der Waals surface area contributed by atoms with E-state index in [1.165, 1.54) is 0 Å². The molecule has 1 aromatic heterocycles. The Morgan fingerprint density at radius 2 is 2.33 bits per heavy atom. The molecule has 15 heavy (non-hydrogen) atoms. The molecule has 1 N–H and O–H groups in total. The lowest BCUT2D eigenvalue weighted by molar-refractivity contribution is -0.138. The highest BCUT2D eigenvalue weighted by molar-refractivity contribution is 6.34. The summed E-state index contributed by atoms with van der Waals surface area (Å²) in [4.78, 5) is 10.8. The second kappa shape index (κ2) is 3.55. The molecule has 0 amide bonds. The molecule has 1 unspecified atom stereocenters. The highest BCUT2D eigenvalue weighted by Crippen LogP contribution is 2.26. The summed E-state index contributed by atoms with van der Waals surface area (Å²) in [6.45, 7) is 1.62. The Bertz CT molecular complexity index is 520. The van der Waals surface area contributed by atoms with E-state index < -0.39 is 11.9 Å². The Kier molecular flexibility index (Phi) is 2.36. The van der Waals surface area contributed by atoms with E-state index in [-0.39, 0.29) is 5.15 Å². The van der Waals surface area contributed by atoms with Crippen LogP contribution in [0.3, 0.4) is 0 Å². The number of fused-ring (bicyclic) bond motifs is 1. The first-order chi connectivity index (χ1) is 7.09. The molecule has 4 nitrogen and oxygen atoms in total. The van der Waals surface area contributed by atoms with Crippen molar-refractivity contribution in [2.45, 2.75) is 12.8 Å². The number of hydrogen-bond donors (Lipinski definition) is 1. The van der Waals surface area contributed by atoms with E-state index in [0.29, 0.717) is 16.5 Å². The highest BCUT2D eigenvalue weighted by atomic mass is 35.5.